The lowest BCUT2D eigenvalue weighted by molar-refractivity contribution is 0.0664. The average molecular weight is 364 g/mol. The molecule has 0 aliphatic carbocycles. The van der Waals surface area contributed by atoms with Crippen molar-refractivity contribution in [1.29, 1.82) is 0 Å². The summed E-state index contributed by atoms with van der Waals surface area (Å²) in [6.45, 7) is 5.46. The van der Waals surface area contributed by atoms with Gasteiger partial charge in [0.05, 0.1) is 11.9 Å². The molecule has 1 fully saturated rings. The summed E-state index contributed by atoms with van der Waals surface area (Å²) in [5.41, 5.74) is 4.16. The minimum atomic E-state index is -0.0834. The SMILES string of the molecule is CC(C)c1cc(C(=O)N2CCCC(c3[nH]ncc3-c3ccccc3)C2)on1. The topological polar surface area (TPSA) is 75.0 Å². The second-order valence-electron chi connectivity index (χ2n) is 7.42. The Hall–Kier alpha value is -2.89. The molecule has 1 saturated heterocycles. The second-order valence-corrected chi connectivity index (χ2v) is 7.42. The van der Waals surface area contributed by atoms with Gasteiger partial charge >= 0.3 is 0 Å². The molecule has 1 N–H and O–H groups in total. The second kappa shape index (κ2) is 7.39. The van der Waals surface area contributed by atoms with Crippen LogP contribution in [0.3, 0.4) is 0 Å². The zero-order valence-electron chi connectivity index (χ0n) is 15.7. The fourth-order valence-corrected chi connectivity index (χ4v) is 3.67. The molecule has 0 spiro atoms. The van der Waals surface area contributed by atoms with E-state index in [2.05, 4.69) is 27.5 Å². The number of aromatic nitrogens is 3. The summed E-state index contributed by atoms with van der Waals surface area (Å²) in [7, 11) is 0. The van der Waals surface area contributed by atoms with Gasteiger partial charge in [-0.05, 0) is 24.3 Å². The Morgan fingerprint density at radius 1 is 1.30 bits per heavy atom. The summed E-state index contributed by atoms with van der Waals surface area (Å²) >= 11 is 0. The monoisotopic (exact) mass is 364 g/mol. The van der Waals surface area contributed by atoms with Crippen molar-refractivity contribution in [1.82, 2.24) is 20.3 Å². The van der Waals surface area contributed by atoms with E-state index in [9.17, 15) is 4.79 Å². The normalized spacial score (nSPS) is 17.4. The van der Waals surface area contributed by atoms with E-state index in [-0.39, 0.29) is 17.7 Å². The molecular weight excluding hydrogens is 340 g/mol. The van der Waals surface area contributed by atoms with Crippen molar-refractivity contribution in [2.75, 3.05) is 13.1 Å². The van der Waals surface area contributed by atoms with Gasteiger partial charge in [-0.1, -0.05) is 49.3 Å². The van der Waals surface area contributed by atoms with Crippen LogP contribution in [-0.4, -0.2) is 39.3 Å². The Kier molecular flexibility index (Phi) is 4.79. The summed E-state index contributed by atoms with van der Waals surface area (Å²) in [5, 5.41) is 11.5. The maximum absolute atomic E-state index is 12.9. The maximum Gasteiger partial charge on any atom is 0.292 e. The quantitative estimate of drug-likeness (QED) is 0.752. The molecule has 3 heterocycles. The number of benzene rings is 1. The Balaban J connectivity index is 1.54. The average Bonchev–Trinajstić information content (AvgIpc) is 3.38. The Morgan fingerprint density at radius 3 is 2.85 bits per heavy atom. The first kappa shape index (κ1) is 17.5. The van der Waals surface area contributed by atoms with Crippen LogP contribution in [0.25, 0.3) is 11.1 Å². The Labute approximate surface area is 158 Å². The minimum absolute atomic E-state index is 0.0834. The van der Waals surface area contributed by atoms with Gasteiger partial charge in [-0.3, -0.25) is 9.89 Å². The van der Waals surface area contributed by atoms with Crippen molar-refractivity contribution >= 4 is 5.91 Å². The number of nitrogens with zero attached hydrogens (tertiary/aromatic N) is 3. The lowest BCUT2D eigenvalue weighted by atomic mass is 9.90. The van der Waals surface area contributed by atoms with Crippen molar-refractivity contribution in [3.63, 3.8) is 0 Å². The van der Waals surface area contributed by atoms with Gasteiger partial charge in [0.2, 0.25) is 5.76 Å². The van der Waals surface area contributed by atoms with Crippen LogP contribution in [0.4, 0.5) is 0 Å². The predicted octanol–water partition coefficient (Wildman–Crippen LogP) is 4.21. The third-order valence-electron chi connectivity index (χ3n) is 5.20. The molecule has 27 heavy (non-hydrogen) atoms. The number of amides is 1. The van der Waals surface area contributed by atoms with Gasteiger partial charge < -0.3 is 9.42 Å². The van der Waals surface area contributed by atoms with E-state index in [4.69, 9.17) is 4.52 Å². The number of piperidine rings is 1. The first-order chi connectivity index (χ1) is 13.1. The lowest BCUT2D eigenvalue weighted by Crippen LogP contribution is -2.39. The van der Waals surface area contributed by atoms with Crippen LogP contribution in [0, 0.1) is 0 Å². The molecule has 6 nitrogen and oxygen atoms in total. The molecule has 0 radical (unpaired) electrons. The third kappa shape index (κ3) is 3.52. The number of rotatable bonds is 4. The van der Waals surface area contributed by atoms with Crippen molar-refractivity contribution in [3.05, 3.63) is 59.7 Å². The summed E-state index contributed by atoms with van der Waals surface area (Å²) in [6.07, 6.45) is 3.85. The standard InChI is InChI=1S/C21H24N4O2/c1-14(2)18-11-19(27-24-18)21(26)25-10-6-9-16(13-25)20-17(12-22-23-20)15-7-4-3-5-8-15/h3-5,7-8,11-12,14,16H,6,9-10,13H2,1-2H3,(H,22,23). The number of carbonyl (C=O) groups is 1. The molecule has 1 aliphatic heterocycles. The largest absolute Gasteiger partial charge is 0.351 e. The van der Waals surface area contributed by atoms with Gasteiger partial charge in [0.1, 0.15) is 0 Å². The third-order valence-corrected chi connectivity index (χ3v) is 5.20. The molecule has 6 heteroatoms. The van der Waals surface area contributed by atoms with Crippen LogP contribution in [-0.2, 0) is 0 Å². The lowest BCUT2D eigenvalue weighted by Gasteiger charge is -2.32. The highest BCUT2D eigenvalue weighted by Gasteiger charge is 2.30. The van der Waals surface area contributed by atoms with Crippen molar-refractivity contribution in [2.45, 2.75) is 38.5 Å². The van der Waals surface area contributed by atoms with E-state index in [1.807, 2.05) is 43.1 Å². The molecule has 2 aromatic heterocycles. The summed E-state index contributed by atoms with van der Waals surface area (Å²) in [6, 6.07) is 12.0. The van der Waals surface area contributed by atoms with Crippen LogP contribution >= 0.6 is 0 Å². The zero-order valence-corrected chi connectivity index (χ0v) is 15.7. The molecular formula is C21H24N4O2. The van der Waals surface area contributed by atoms with Gasteiger partial charge in [0, 0.05) is 36.3 Å². The zero-order chi connectivity index (χ0) is 18.8. The Bertz CT molecular complexity index is 913. The number of H-pyrrole nitrogens is 1. The molecule has 1 unspecified atom stereocenters. The number of aromatic amines is 1. The Morgan fingerprint density at radius 2 is 2.11 bits per heavy atom. The van der Waals surface area contributed by atoms with Crippen LogP contribution in [0.5, 0.6) is 0 Å². The molecule has 4 rings (SSSR count). The van der Waals surface area contributed by atoms with Gasteiger partial charge in [0.25, 0.3) is 5.91 Å². The molecule has 1 atom stereocenters. The van der Waals surface area contributed by atoms with E-state index in [0.29, 0.717) is 12.3 Å². The van der Waals surface area contributed by atoms with Gasteiger partial charge in [0.15, 0.2) is 0 Å². The number of nitrogens with one attached hydrogen (secondary N) is 1. The van der Waals surface area contributed by atoms with E-state index in [1.165, 1.54) is 0 Å². The summed E-state index contributed by atoms with van der Waals surface area (Å²) in [5.74, 6) is 0.711. The minimum Gasteiger partial charge on any atom is -0.351 e. The van der Waals surface area contributed by atoms with Crippen LogP contribution in [0.15, 0.2) is 47.1 Å². The maximum atomic E-state index is 12.9. The van der Waals surface area contributed by atoms with Crippen LogP contribution in [0.2, 0.25) is 0 Å². The summed E-state index contributed by atoms with van der Waals surface area (Å²) in [4.78, 5) is 14.7. The fraction of sp³-hybridized carbons (Fsp3) is 0.381. The molecule has 3 aromatic rings. The fourth-order valence-electron chi connectivity index (χ4n) is 3.67. The van der Waals surface area contributed by atoms with Crippen LogP contribution in [0.1, 0.15) is 60.5 Å². The number of hydrogen-bond acceptors (Lipinski definition) is 4. The van der Waals surface area contributed by atoms with Crippen molar-refractivity contribution < 1.29 is 9.32 Å². The highest BCUT2D eigenvalue weighted by molar-refractivity contribution is 5.91. The van der Waals surface area contributed by atoms with Gasteiger partial charge in [-0.2, -0.15) is 5.10 Å². The molecule has 1 aromatic carbocycles. The van der Waals surface area contributed by atoms with Gasteiger partial charge in [-0.25, -0.2) is 0 Å². The highest BCUT2D eigenvalue weighted by atomic mass is 16.5. The summed E-state index contributed by atoms with van der Waals surface area (Å²) < 4.78 is 5.30. The molecule has 0 saturated carbocycles. The first-order valence-corrected chi connectivity index (χ1v) is 9.48. The number of hydrogen-bond donors (Lipinski definition) is 1. The van der Waals surface area contributed by atoms with Crippen molar-refractivity contribution in [3.8, 4) is 11.1 Å². The van der Waals surface area contributed by atoms with E-state index in [1.54, 1.807) is 6.07 Å². The first-order valence-electron chi connectivity index (χ1n) is 9.48. The smallest absolute Gasteiger partial charge is 0.292 e. The van der Waals surface area contributed by atoms with E-state index < -0.39 is 0 Å². The van der Waals surface area contributed by atoms with E-state index >= 15 is 0 Å². The van der Waals surface area contributed by atoms with E-state index in [0.717, 1.165) is 41.9 Å². The predicted molar refractivity (Wildman–Crippen MR) is 102 cm³/mol. The van der Waals surface area contributed by atoms with Crippen molar-refractivity contribution in [2.24, 2.45) is 0 Å². The molecule has 1 amide bonds. The number of likely N-dealkylation sites (tertiary alicyclic amines) is 1. The van der Waals surface area contributed by atoms with Crippen LogP contribution < -0.4 is 0 Å². The molecule has 0 bridgehead atoms. The van der Waals surface area contributed by atoms with Gasteiger partial charge in [-0.15, -0.1) is 0 Å². The molecule has 1 aliphatic rings. The molecule has 140 valence electrons. The highest BCUT2D eigenvalue weighted by Crippen LogP contribution is 2.33. The number of carbonyl (C=O) groups excluding carboxylic acids is 1.